The molecule has 7 heteroatoms. The second-order valence-corrected chi connectivity index (χ2v) is 8.94. The summed E-state index contributed by atoms with van der Waals surface area (Å²) >= 11 is 8.18. The first-order valence-electron chi connectivity index (χ1n) is 9.86. The number of carbonyl (C=O) groups excluding carboxylic acids is 1. The number of esters is 1. The maximum Gasteiger partial charge on any atom is 0.358 e. The number of pyridine rings is 1. The Bertz CT molecular complexity index is 1210. The molecule has 0 radical (unpaired) electrons. The zero-order chi connectivity index (χ0) is 21.3. The van der Waals surface area contributed by atoms with Crippen LogP contribution in [0.2, 0.25) is 5.02 Å². The van der Waals surface area contributed by atoms with Gasteiger partial charge >= 0.3 is 5.97 Å². The lowest BCUT2D eigenvalue weighted by atomic mass is 10.0. The van der Waals surface area contributed by atoms with Crippen LogP contribution in [0, 0.1) is 5.92 Å². The van der Waals surface area contributed by atoms with Gasteiger partial charge in [-0.05, 0) is 25.0 Å². The quantitative estimate of drug-likeness (QED) is 0.338. The van der Waals surface area contributed by atoms with Crippen molar-refractivity contribution >= 4 is 34.6 Å². The zero-order valence-corrected chi connectivity index (χ0v) is 18.6. The maximum absolute atomic E-state index is 12.3. The van der Waals surface area contributed by atoms with Crippen LogP contribution in [0.5, 0.6) is 0 Å². The van der Waals surface area contributed by atoms with Gasteiger partial charge < -0.3 is 9.14 Å². The van der Waals surface area contributed by atoms with Crippen molar-refractivity contribution in [2.75, 3.05) is 6.61 Å². The van der Waals surface area contributed by atoms with E-state index in [1.165, 1.54) is 0 Å². The minimum atomic E-state index is -0.440. The number of benzene rings is 1. The number of aromatic nitrogens is 3. The van der Waals surface area contributed by atoms with Gasteiger partial charge in [0.25, 0.3) is 0 Å². The first kappa shape index (κ1) is 20.6. The molecule has 0 saturated heterocycles. The molecule has 0 atom stereocenters. The van der Waals surface area contributed by atoms with Crippen molar-refractivity contribution in [2.24, 2.45) is 5.92 Å². The van der Waals surface area contributed by atoms with Crippen molar-refractivity contribution in [1.82, 2.24) is 14.4 Å². The third-order valence-corrected chi connectivity index (χ3v) is 6.02. The smallest absolute Gasteiger partial charge is 0.358 e. The Morgan fingerprint density at radius 1 is 1.23 bits per heavy atom. The number of hydrogen-bond donors (Lipinski definition) is 0. The van der Waals surface area contributed by atoms with Crippen molar-refractivity contribution in [3.8, 4) is 21.6 Å². The van der Waals surface area contributed by atoms with Crippen LogP contribution in [0.25, 0.3) is 27.2 Å². The summed E-state index contributed by atoms with van der Waals surface area (Å²) in [7, 11) is 0. The lowest BCUT2D eigenvalue weighted by Crippen LogP contribution is -2.04. The minimum Gasteiger partial charge on any atom is -0.461 e. The van der Waals surface area contributed by atoms with Crippen LogP contribution >= 0.6 is 22.9 Å². The highest BCUT2D eigenvalue weighted by molar-refractivity contribution is 7.15. The standard InChI is InChI=1S/C23H22ClN3O2S/c1-4-29-23(28)19-13-27-12-15(20-11-25-21(30-20)9-14(2)3)10-17(22(27)26-19)16-7-5-6-8-18(16)24/h5-8,10-14H,4,9H2,1-3H3. The fourth-order valence-electron chi connectivity index (χ4n) is 3.30. The van der Waals surface area contributed by atoms with Crippen molar-refractivity contribution in [2.45, 2.75) is 27.2 Å². The number of fused-ring (bicyclic) bond motifs is 1. The summed E-state index contributed by atoms with van der Waals surface area (Å²) in [6.07, 6.45) is 6.52. The number of rotatable bonds is 6. The SMILES string of the molecule is CCOC(=O)c1cn2cc(-c3cnc(CC(C)C)s3)cc(-c3ccccc3Cl)c2n1. The first-order chi connectivity index (χ1) is 14.5. The number of halogens is 1. The number of hydrogen-bond acceptors (Lipinski definition) is 5. The van der Waals surface area contributed by atoms with Crippen LogP contribution < -0.4 is 0 Å². The van der Waals surface area contributed by atoms with Gasteiger partial charge in [0, 0.05) is 46.7 Å². The number of carbonyl (C=O) groups is 1. The Morgan fingerprint density at radius 2 is 2.03 bits per heavy atom. The number of ether oxygens (including phenoxy) is 1. The monoisotopic (exact) mass is 439 g/mol. The lowest BCUT2D eigenvalue weighted by molar-refractivity contribution is 0.0520. The summed E-state index contributed by atoms with van der Waals surface area (Å²) in [5.74, 6) is 0.107. The van der Waals surface area contributed by atoms with Gasteiger partial charge in [-0.3, -0.25) is 0 Å². The molecule has 0 fully saturated rings. The van der Waals surface area contributed by atoms with E-state index in [2.05, 4.69) is 29.9 Å². The van der Waals surface area contributed by atoms with Gasteiger partial charge in [0.2, 0.25) is 0 Å². The fraction of sp³-hybridized carbons (Fsp3) is 0.261. The average Bonchev–Trinajstić information content (AvgIpc) is 3.34. The highest BCUT2D eigenvalue weighted by atomic mass is 35.5. The molecule has 3 aromatic heterocycles. The molecular formula is C23H22ClN3O2S. The molecule has 0 saturated carbocycles. The highest BCUT2D eigenvalue weighted by Crippen LogP contribution is 2.36. The van der Waals surface area contributed by atoms with Gasteiger partial charge in [-0.15, -0.1) is 11.3 Å². The fourth-order valence-corrected chi connectivity index (χ4v) is 4.65. The van der Waals surface area contributed by atoms with E-state index >= 15 is 0 Å². The van der Waals surface area contributed by atoms with Gasteiger partial charge in [-0.2, -0.15) is 0 Å². The molecule has 4 rings (SSSR count). The van der Waals surface area contributed by atoms with Crippen LogP contribution in [0.1, 0.15) is 36.3 Å². The van der Waals surface area contributed by atoms with Crippen molar-refractivity contribution < 1.29 is 9.53 Å². The normalized spacial score (nSPS) is 11.4. The molecule has 5 nitrogen and oxygen atoms in total. The topological polar surface area (TPSA) is 56.5 Å². The Hall–Kier alpha value is -2.70. The Morgan fingerprint density at radius 3 is 2.77 bits per heavy atom. The molecule has 30 heavy (non-hydrogen) atoms. The summed E-state index contributed by atoms with van der Waals surface area (Å²) in [4.78, 5) is 22.4. The summed E-state index contributed by atoms with van der Waals surface area (Å²) in [5, 5.41) is 1.74. The Kier molecular flexibility index (Phi) is 5.88. The molecule has 3 heterocycles. The third-order valence-electron chi connectivity index (χ3n) is 4.62. The molecule has 0 spiro atoms. The predicted molar refractivity (Wildman–Crippen MR) is 121 cm³/mol. The van der Waals surface area contributed by atoms with E-state index in [4.69, 9.17) is 16.3 Å². The molecule has 0 amide bonds. The van der Waals surface area contributed by atoms with Gasteiger partial charge in [-0.25, -0.2) is 14.8 Å². The average molecular weight is 440 g/mol. The van der Waals surface area contributed by atoms with Gasteiger partial charge in [0.1, 0.15) is 5.65 Å². The molecule has 0 N–H and O–H groups in total. The maximum atomic E-state index is 12.3. The van der Waals surface area contributed by atoms with Gasteiger partial charge in [-0.1, -0.05) is 43.6 Å². The van der Waals surface area contributed by atoms with Gasteiger partial charge in [0.15, 0.2) is 5.69 Å². The van der Waals surface area contributed by atoms with Crippen LogP contribution in [-0.2, 0) is 11.2 Å². The highest BCUT2D eigenvalue weighted by Gasteiger charge is 2.18. The third kappa shape index (κ3) is 4.11. The summed E-state index contributed by atoms with van der Waals surface area (Å²) in [6, 6.07) is 9.70. The Labute approximate surface area is 184 Å². The zero-order valence-electron chi connectivity index (χ0n) is 17.1. The predicted octanol–water partition coefficient (Wildman–Crippen LogP) is 6.15. The Balaban J connectivity index is 1.89. The summed E-state index contributed by atoms with van der Waals surface area (Å²) in [5.41, 5.74) is 3.64. The molecule has 4 aromatic rings. The van der Waals surface area contributed by atoms with Crippen molar-refractivity contribution in [1.29, 1.82) is 0 Å². The van der Waals surface area contributed by atoms with Crippen molar-refractivity contribution in [3.63, 3.8) is 0 Å². The number of thiazole rings is 1. The van der Waals surface area contributed by atoms with E-state index in [-0.39, 0.29) is 5.69 Å². The molecule has 0 unspecified atom stereocenters. The molecular weight excluding hydrogens is 418 g/mol. The van der Waals surface area contributed by atoms with Crippen LogP contribution in [0.15, 0.2) is 48.9 Å². The minimum absolute atomic E-state index is 0.270. The van der Waals surface area contributed by atoms with Crippen LogP contribution in [0.3, 0.4) is 0 Å². The van der Waals surface area contributed by atoms with E-state index in [0.717, 1.165) is 33.0 Å². The molecule has 1 aromatic carbocycles. The molecule has 0 bridgehead atoms. The number of imidazole rings is 1. The summed E-state index contributed by atoms with van der Waals surface area (Å²) in [6.45, 7) is 6.45. The number of nitrogens with zero attached hydrogens (tertiary/aromatic N) is 3. The first-order valence-corrected chi connectivity index (χ1v) is 11.1. The van der Waals surface area contributed by atoms with Crippen LogP contribution in [0.4, 0.5) is 0 Å². The van der Waals surface area contributed by atoms with E-state index in [1.54, 1.807) is 24.5 Å². The summed E-state index contributed by atoms with van der Waals surface area (Å²) < 4.78 is 7.00. The molecule has 0 aliphatic rings. The van der Waals surface area contributed by atoms with Gasteiger partial charge in [0.05, 0.1) is 16.5 Å². The van der Waals surface area contributed by atoms with Crippen LogP contribution in [-0.4, -0.2) is 26.9 Å². The van der Waals surface area contributed by atoms with E-state index < -0.39 is 5.97 Å². The van der Waals surface area contributed by atoms with E-state index in [0.29, 0.717) is 23.2 Å². The molecule has 154 valence electrons. The van der Waals surface area contributed by atoms with E-state index in [1.807, 2.05) is 41.1 Å². The largest absolute Gasteiger partial charge is 0.461 e. The second-order valence-electron chi connectivity index (χ2n) is 7.42. The molecule has 0 aliphatic heterocycles. The molecule has 0 aliphatic carbocycles. The second kappa shape index (κ2) is 8.58. The van der Waals surface area contributed by atoms with Crippen molar-refractivity contribution in [3.05, 3.63) is 64.6 Å². The lowest BCUT2D eigenvalue weighted by Gasteiger charge is -2.09. The van der Waals surface area contributed by atoms with E-state index in [9.17, 15) is 4.79 Å².